The molecule has 13 heteroatoms. The summed E-state index contributed by atoms with van der Waals surface area (Å²) < 4.78 is 76.1. The molecule has 0 radical (unpaired) electrons. The minimum Gasteiger partial charge on any atom is -0.497 e. The molecule has 1 aliphatic carbocycles. The third-order valence-electron chi connectivity index (χ3n) is 11.6. The van der Waals surface area contributed by atoms with Crippen LogP contribution in [0.25, 0.3) is 0 Å². The molecular weight excluding hydrogens is 694 g/mol. The van der Waals surface area contributed by atoms with Gasteiger partial charge in [0.05, 0.1) is 31.6 Å². The van der Waals surface area contributed by atoms with Crippen molar-refractivity contribution in [3.8, 4) is 5.75 Å². The largest absolute Gasteiger partial charge is 0.497 e. The molecule has 4 aliphatic rings. The quantitative estimate of drug-likeness (QED) is 0.217. The van der Waals surface area contributed by atoms with Crippen LogP contribution >= 0.6 is 0 Å². The number of ether oxygens (including phenoxy) is 3. The molecule has 0 aromatic heterocycles. The van der Waals surface area contributed by atoms with Gasteiger partial charge in [-0.05, 0) is 81.8 Å². The summed E-state index contributed by atoms with van der Waals surface area (Å²) in [5.74, 6) is -3.97. The predicted octanol–water partition coefficient (Wildman–Crippen LogP) is 6.74. The summed E-state index contributed by atoms with van der Waals surface area (Å²) in [5.41, 5.74) is -2.44. The highest BCUT2D eigenvalue weighted by Gasteiger charge is 2.58. The van der Waals surface area contributed by atoms with Gasteiger partial charge >= 0.3 is 18.1 Å². The van der Waals surface area contributed by atoms with E-state index in [1.165, 1.54) is 18.1 Å². The Hall–Kier alpha value is -3.87. The van der Waals surface area contributed by atoms with Crippen LogP contribution in [0.2, 0.25) is 0 Å². The van der Waals surface area contributed by atoms with Gasteiger partial charge in [-0.3, -0.25) is 19.3 Å². The highest BCUT2D eigenvalue weighted by molar-refractivity contribution is 5.89. The van der Waals surface area contributed by atoms with Crippen molar-refractivity contribution in [1.82, 2.24) is 9.80 Å². The Morgan fingerprint density at radius 3 is 2.09 bits per heavy atom. The van der Waals surface area contributed by atoms with Crippen molar-refractivity contribution >= 4 is 23.5 Å². The topological polar surface area (TPSA) is 88.6 Å². The molecule has 4 atom stereocenters. The summed E-state index contributed by atoms with van der Waals surface area (Å²) in [7, 11) is 2.77. The third kappa shape index (κ3) is 8.15. The Balaban J connectivity index is 1.31. The van der Waals surface area contributed by atoms with Crippen molar-refractivity contribution in [3.05, 3.63) is 59.2 Å². The smallest absolute Gasteiger partial charge is 0.416 e. The third-order valence-corrected chi connectivity index (χ3v) is 11.6. The number of rotatable bonds is 8. The summed E-state index contributed by atoms with van der Waals surface area (Å²) in [5, 5.41) is 0. The molecule has 6 rings (SSSR count). The lowest BCUT2D eigenvalue weighted by atomic mass is 9.85. The first kappa shape index (κ1) is 38.8. The molecule has 3 aliphatic heterocycles. The van der Waals surface area contributed by atoms with E-state index in [-0.39, 0.29) is 50.4 Å². The highest BCUT2D eigenvalue weighted by atomic mass is 19.4. The van der Waals surface area contributed by atoms with Crippen LogP contribution in [0.1, 0.15) is 87.8 Å². The van der Waals surface area contributed by atoms with E-state index in [1.54, 1.807) is 57.0 Å². The van der Waals surface area contributed by atoms with Crippen LogP contribution in [0.3, 0.4) is 0 Å². The summed E-state index contributed by atoms with van der Waals surface area (Å²) in [6.45, 7) is 5.97. The van der Waals surface area contributed by atoms with E-state index >= 15 is 4.39 Å². The molecule has 1 amide bonds. The second-order valence-corrected chi connectivity index (χ2v) is 16.1. The van der Waals surface area contributed by atoms with Gasteiger partial charge in [0.15, 0.2) is 0 Å². The first-order chi connectivity index (χ1) is 25.0. The lowest BCUT2D eigenvalue weighted by molar-refractivity contribution is -0.160. The molecule has 2 aromatic carbocycles. The normalized spacial score (nSPS) is 26.2. The van der Waals surface area contributed by atoms with Gasteiger partial charge < -0.3 is 24.0 Å². The number of likely N-dealkylation sites (tertiary alicyclic amines) is 2. The maximum atomic E-state index is 17.7. The number of carbonyl (C=O) groups excluding carboxylic acids is 3. The van der Waals surface area contributed by atoms with Crippen molar-refractivity contribution in [2.75, 3.05) is 58.4 Å². The fraction of sp³-hybridized carbons (Fsp3) is 0.625. The second-order valence-electron chi connectivity index (χ2n) is 16.1. The summed E-state index contributed by atoms with van der Waals surface area (Å²) >= 11 is 0. The molecule has 0 N–H and O–H groups in total. The van der Waals surface area contributed by atoms with Gasteiger partial charge in [0.25, 0.3) is 5.91 Å². The minimum absolute atomic E-state index is 0.0736. The van der Waals surface area contributed by atoms with E-state index in [0.29, 0.717) is 36.3 Å². The van der Waals surface area contributed by atoms with Gasteiger partial charge in [-0.2, -0.15) is 13.2 Å². The summed E-state index contributed by atoms with van der Waals surface area (Å²) in [6, 6.07) is 10.7. The summed E-state index contributed by atoms with van der Waals surface area (Å²) in [6.07, 6.45) is 0.0634. The van der Waals surface area contributed by atoms with Crippen molar-refractivity contribution in [3.63, 3.8) is 0 Å². The Kier molecular flexibility index (Phi) is 11.1. The van der Waals surface area contributed by atoms with Crippen LogP contribution in [-0.2, 0) is 30.0 Å². The number of alkyl halides is 4. The highest BCUT2D eigenvalue weighted by Crippen LogP contribution is 2.47. The van der Waals surface area contributed by atoms with Gasteiger partial charge in [0, 0.05) is 62.8 Å². The molecule has 0 unspecified atom stereocenters. The van der Waals surface area contributed by atoms with Crippen LogP contribution in [0, 0.1) is 11.8 Å². The SMILES string of the molecule is COC(=O)[C@H]1CN(C(=O)[C@]2(F)CN(C3CCCC3)C[C@H]2c2ccc(OC)cc2)C[C@@H]1c1ccc(C(F)(F)F)cc1N1CCC(C(=O)OC(C)(C)C)CC1. The molecule has 2 aromatic rings. The zero-order chi connectivity index (χ0) is 38.3. The zero-order valence-electron chi connectivity index (χ0n) is 31.2. The number of benzene rings is 2. The molecule has 3 saturated heterocycles. The van der Waals surface area contributed by atoms with Crippen LogP contribution in [-0.4, -0.2) is 98.4 Å². The number of methoxy groups -OCH3 is 2. The predicted molar refractivity (Wildman–Crippen MR) is 190 cm³/mol. The van der Waals surface area contributed by atoms with Crippen LogP contribution in [0.4, 0.5) is 23.2 Å². The maximum absolute atomic E-state index is 17.7. The molecule has 0 bridgehead atoms. The number of halogens is 4. The molecule has 4 fully saturated rings. The molecule has 3 heterocycles. The van der Waals surface area contributed by atoms with Crippen molar-refractivity contribution in [2.45, 2.75) is 94.6 Å². The number of amides is 1. The first-order valence-electron chi connectivity index (χ1n) is 18.7. The van der Waals surface area contributed by atoms with Crippen molar-refractivity contribution in [2.24, 2.45) is 11.8 Å². The van der Waals surface area contributed by atoms with Gasteiger partial charge in [0.1, 0.15) is 11.4 Å². The number of piperidine rings is 1. The van der Waals surface area contributed by atoms with Crippen LogP contribution in [0.5, 0.6) is 5.75 Å². The number of nitrogens with zero attached hydrogens (tertiary/aromatic N) is 3. The maximum Gasteiger partial charge on any atom is 0.416 e. The number of carbonyl (C=O) groups is 3. The van der Waals surface area contributed by atoms with Crippen molar-refractivity contribution in [1.29, 1.82) is 0 Å². The zero-order valence-corrected chi connectivity index (χ0v) is 31.2. The Labute approximate surface area is 308 Å². The van der Waals surface area contributed by atoms with E-state index in [2.05, 4.69) is 4.90 Å². The molecule has 0 spiro atoms. The van der Waals surface area contributed by atoms with E-state index in [4.69, 9.17) is 14.2 Å². The summed E-state index contributed by atoms with van der Waals surface area (Å²) in [4.78, 5) is 46.0. The fourth-order valence-corrected chi connectivity index (χ4v) is 8.81. The first-order valence-corrected chi connectivity index (χ1v) is 18.7. The second kappa shape index (κ2) is 15.1. The average Bonchev–Trinajstić information content (AvgIpc) is 3.90. The monoisotopic (exact) mass is 745 g/mol. The van der Waals surface area contributed by atoms with Gasteiger partial charge in [-0.15, -0.1) is 0 Å². The van der Waals surface area contributed by atoms with Gasteiger partial charge in [0.2, 0.25) is 5.67 Å². The van der Waals surface area contributed by atoms with Crippen molar-refractivity contribution < 1.29 is 46.2 Å². The Bertz CT molecular complexity index is 1650. The molecular formula is C40H51F4N3O6. The van der Waals surface area contributed by atoms with E-state index in [1.807, 2.05) is 0 Å². The molecule has 53 heavy (non-hydrogen) atoms. The lowest BCUT2D eigenvalue weighted by Gasteiger charge is -2.36. The van der Waals surface area contributed by atoms with Crippen LogP contribution in [0.15, 0.2) is 42.5 Å². The average molecular weight is 746 g/mol. The van der Waals surface area contributed by atoms with Gasteiger partial charge in [-0.25, -0.2) is 4.39 Å². The molecule has 9 nitrogen and oxygen atoms in total. The molecule has 1 saturated carbocycles. The Morgan fingerprint density at radius 2 is 1.51 bits per heavy atom. The van der Waals surface area contributed by atoms with E-state index in [0.717, 1.165) is 37.8 Å². The van der Waals surface area contributed by atoms with Crippen LogP contribution < -0.4 is 9.64 Å². The molecule has 290 valence electrons. The minimum atomic E-state index is -4.63. The van der Waals surface area contributed by atoms with E-state index in [9.17, 15) is 27.6 Å². The lowest BCUT2D eigenvalue weighted by Crippen LogP contribution is -2.50. The number of anilines is 1. The fourth-order valence-electron chi connectivity index (χ4n) is 8.81. The number of esters is 2. The number of hydrogen-bond acceptors (Lipinski definition) is 8. The Morgan fingerprint density at radius 1 is 0.849 bits per heavy atom. The standard InChI is InChI=1S/C40H51F4N3O6/c1-38(2,3)53-35(48)26-16-18-45(19-17-26)34-20-27(40(42,43)44)12-15-30(34)31-21-46(22-32(31)36(49)52-5)37(50)39(41)24-47(28-8-6-7-9-28)23-33(39)25-10-13-29(51-4)14-11-25/h10-15,20,26,28,31-33H,6-9,16-19,21-24H2,1-5H3/t31-,32+,33+,39+/m1/s1. The number of hydrogen-bond donors (Lipinski definition) is 0. The van der Waals surface area contributed by atoms with E-state index < -0.39 is 58.6 Å². The van der Waals surface area contributed by atoms with Gasteiger partial charge in [-0.1, -0.05) is 31.0 Å².